The Labute approximate surface area is 364 Å². The van der Waals surface area contributed by atoms with Gasteiger partial charge in [-0.1, -0.05) is 27.7 Å². The molecule has 0 unspecified atom stereocenters. The minimum Gasteiger partial charge on any atom is -0.465 e. The third-order valence-electron chi connectivity index (χ3n) is 12.8. The smallest absolute Gasteiger partial charge is 0.410 e. The van der Waals surface area contributed by atoms with Crippen molar-refractivity contribution in [1.82, 2.24) is 24.3 Å². The van der Waals surface area contributed by atoms with Crippen molar-refractivity contribution >= 4 is 29.7 Å². The van der Waals surface area contributed by atoms with Crippen molar-refractivity contribution in [3.63, 3.8) is 0 Å². The van der Waals surface area contributed by atoms with Crippen LogP contribution in [-0.2, 0) is 44.6 Å². The summed E-state index contributed by atoms with van der Waals surface area (Å²) in [5, 5.41) is 18.6. The second kappa shape index (κ2) is 21.3. The van der Waals surface area contributed by atoms with Crippen LogP contribution in [0.2, 0.25) is 0 Å². The summed E-state index contributed by atoms with van der Waals surface area (Å²) in [7, 11) is 5.24. The number of imidazole rings is 1. The number of pyridine rings is 1. The predicted molar refractivity (Wildman–Crippen MR) is 226 cm³/mol. The zero-order valence-corrected chi connectivity index (χ0v) is 38.1. The Kier molecular flexibility index (Phi) is 17.2. The number of primary amides is 1. The second-order valence-electron chi connectivity index (χ2n) is 17.7. The van der Waals surface area contributed by atoms with E-state index >= 15 is 0 Å². The maximum Gasteiger partial charge on any atom is 0.410 e. The summed E-state index contributed by atoms with van der Waals surface area (Å²) in [6.07, 6.45) is 3.12. The van der Waals surface area contributed by atoms with Crippen LogP contribution in [0, 0.1) is 23.7 Å². The molecule has 18 heteroatoms. The summed E-state index contributed by atoms with van der Waals surface area (Å²) in [6, 6.07) is 2.74. The van der Waals surface area contributed by atoms with Crippen molar-refractivity contribution in [3.8, 4) is 11.3 Å². The molecule has 2 aromatic rings. The van der Waals surface area contributed by atoms with Gasteiger partial charge in [-0.3, -0.25) is 19.4 Å². The van der Waals surface area contributed by atoms with Crippen LogP contribution in [0.1, 0.15) is 87.5 Å². The molecular weight excluding hydrogens is 805 g/mol. The molecule has 3 aliphatic heterocycles. The van der Waals surface area contributed by atoms with E-state index in [0.717, 1.165) is 11.3 Å². The van der Waals surface area contributed by atoms with Gasteiger partial charge in [0.2, 0.25) is 0 Å². The molecule has 0 spiro atoms. The quantitative estimate of drug-likeness (QED) is 0.160. The van der Waals surface area contributed by atoms with E-state index in [-0.39, 0.29) is 30.8 Å². The van der Waals surface area contributed by atoms with Crippen LogP contribution in [0.25, 0.3) is 11.3 Å². The number of carboxylic acid groups (broad SMARTS) is 1. The van der Waals surface area contributed by atoms with Crippen LogP contribution < -0.4 is 5.73 Å². The van der Waals surface area contributed by atoms with Gasteiger partial charge in [-0.25, -0.2) is 14.6 Å². The number of aromatic nitrogens is 3. The van der Waals surface area contributed by atoms with Crippen LogP contribution in [0.4, 0.5) is 9.59 Å². The van der Waals surface area contributed by atoms with Gasteiger partial charge in [-0.05, 0) is 86.0 Å². The zero-order chi connectivity index (χ0) is 46.3. The highest BCUT2D eigenvalue weighted by molar-refractivity contribution is 6.00. The third kappa shape index (κ3) is 11.4. The van der Waals surface area contributed by atoms with Crippen molar-refractivity contribution in [1.29, 1.82) is 0 Å². The van der Waals surface area contributed by atoms with Gasteiger partial charge >= 0.3 is 18.2 Å². The van der Waals surface area contributed by atoms with Gasteiger partial charge in [0.05, 0.1) is 35.9 Å². The zero-order valence-electron chi connectivity index (χ0n) is 38.1. The first kappa shape index (κ1) is 50.2. The summed E-state index contributed by atoms with van der Waals surface area (Å²) < 4.78 is 33.2. The monoisotopic (exact) mass is 872 g/mol. The number of aliphatic hydroxyl groups is 1. The topological polar surface area (TPSA) is 235 Å². The largest absolute Gasteiger partial charge is 0.465 e. The van der Waals surface area contributed by atoms with E-state index in [1.165, 1.54) is 14.0 Å². The molecule has 18 nitrogen and oxygen atoms in total. The van der Waals surface area contributed by atoms with Crippen molar-refractivity contribution < 1.29 is 57.9 Å². The van der Waals surface area contributed by atoms with E-state index in [0.29, 0.717) is 32.4 Å². The highest BCUT2D eigenvalue weighted by Crippen LogP contribution is 2.43. The molecule has 0 aliphatic carbocycles. The van der Waals surface area contributed by atoms with Gasteiger partial charge < -0.3 is 54.0 Å². The van der Waals surface area contributed by atoms with E-state index in [4.69, 9.17) is 33.6 Å². The normalized spacial score (nSPS) is 34.7. The number of ether oxygens (including phenoxy) is 5. The Hall–Kier alpha value is -4.49. The molecule has 3 fully saturated rings. The molecule has 3 saturated heterocycles. The van der Waals surface area contributed by atoms with E-state index in [2.05, 4.69) is 15.7 Å². The number of likely N-dealkylation sites (N-methyl/N-ethyl adjacent to an activating group) is 1. The number of fused-ring (bicyclic) bond motifs is 1. The molecule has 2 amide bonds. The van der Waals surface area contributed by atoms with E-state index in [1.54, 1.807) is 51.3 Å². The van der Waals surface area contributed by atoms with Gasteiger partial charge in [0, 0.05) is 68.1 Å². The second-order valence-corrected chi connectivity index (χ2v) is 17.7. The average molecular weight is 873 g/mol. The molecule has 62 heavy (non-hydrogen) atoms. The molecule has 346 valence electrons. The number of esters is 1. The van der Waals surface area contributed by atoms with Crippen LogP contribution in [0.3, 0.4) is 0 Å². The summed E-state index contributed by atoms with van der Waals surface area (Å²) in [5.74, 6) is -4.95. The van der Waals surface area contributed by atoms with Crippen LogP contribution in [0.5, 0.6) is 0 Å². The Morgan fingerprint density at radius 3 is 2.31 bits per heavy atom. The number of nitrogens with zero attached hydrogens (tertiary/aromatic N) is 5. The van der Waals surface area contributed by atoms with Gasteiger partial charge in [0.25, 0.3) is 0 Å². The van der Waals surface area contributed by atoms with Crippen LogP contribution in [0.15, 0.2) is 37.1 Å². The molecule has 0 radical (unpaired) electrons. The lowest BCUT2D eigenvalue weighted by molar-refractivity contribution is -0.295. The number of hydrogen-bond acceptors (Lipinski definition) is 14. The van der Waals surface area contributed by atoms with Gasteiger partial charge in [0.1, 0.15) is 23.9 Å². The summed E-state index contributed by atoms with van der Waals surface area (Å²) in [6.45, 7) is 14.9. The highest BCUT2D eigenvalue weighted by Gasteiger charge is 2.60. The molecule has 4 N–H and O–H groups in total. The first-order valence-electron chi connectivity index (χ1n) is 21.5. The summed E-state index contributed by atoms with van der Waals surface area (Å²) >= 11 is 0. The number of ketones is 2. The Bertz CT molecular complexity index is 1840. The number of nitrogens with two attached hydrogens (primary N) is 1. The predicted octanol–water partition coefficient (Wildman–Crippen LogP) is 4.55. The maximum atomic E-state index is 14.7. The third-order valence-corrected chi connectivity index (χ3v) is 12.8. The molecule has 0 bridgehead atoms. The molecule has 3 aliphatic rings. The average Bonchev–Trinajstić information content (AvgIpc) is 3.80. The summed E-state index contributed by atoms with van der Waals surface area (Å²) in [4.78, 5) is 77.8. The number of carbonyl (C=O) groups excluding carboxylic acids is 4. The Balaban J connectivity index is 0.00000202. The van der Waals surface area contributed by atoms with Gasteiger partial charge in [-0.15, -0.1) is 0 Å². The standard InChI is InChI=1S/C43H65N5O10.CH3NO2/c1-12-33-43(8)37(48(41(53)58-43)19-14-13-18-47-23-31(45-24-47)30-16-15-17-44-22-30)27(4)34(49)25(2)21-42(7,54-11)38(28(5)35(50)29(6)39(52)56-33)57-40-36(51)32(46(9)10)20-26(3)55-40;2-1(3)4/h15-17,22-29,32-33,36-38,40,51H,12-14,18-21H2,1-11H3;2H2,(H,3,4)/t25-,26-,27+,28+,29-,32+,33-,36-,37-,38-,40+,42-,43-;/m1./s1. The number of aliphatic hydroxyl groups excluding tert-OH is 1. The number of aryl methyl sites for hydroxylation is 1. The fourth-order valence-corrected chi connectivity index (χ4v) is 9.43. The molecule has 0 saturated carbocycles. The highest BCUT2D eigenvalue weighted by atomic mass is 16.7. The lowest BCUT2D eigenvalue weighted by Crippen LogP contribution is -2.60. The fourth-order valence-electron chi connectivity index (χ4n) is 9.43. The molecular formula is C44H68N6O12. The van der Waals surface area contributed by atoms with Gasteiger partial charge in [-0.2, -0.15) is 0 Å². The number of carbonyl (C=O) groups is 5. The van der Waals surface area contributed by atoms with E-state index in [1.807, 2.05) is 62.7 Å². The number of unbranched alkanes of at least 4 members (excludes halogenated alkanes) is 1. The SMILES string of the molecule is CC[C@H]1OC(=O)[C@H](C)C(=O)[C@H](C)[C@@H](O[C@@H]2O[C@H](C)C[C@H](N(C)C)[C@H]2O)[C@](C)(OC)C[C@@H](C)C(=O)[C@H](C)[C@H]2N(CCCCn3cnc(-c4cccnc4)c3)C(=O)O[C@]12C.NC(=O)O. The molecule has 5 heterocycles. The van der Waals surface area contributed by atoms with E-state index < -0.39 is 89.5 Å². The number of cyclic esters (lactones) is 1. The number of hydrogen-bond donors (Lipinski definition) is 3. The molecule has 2 aromatic heterocycles. The van der Waals surface area contributed by atoms with Crippen molar-refractivity contribution in [3.05, 3.63) is 37.1 Å². The molecule has 5 rings (SSSR count). The maximum absolute atomic E-state index is 14.7. The fraction of sp³-hybridized carbons (Fsp3) is 0.705. The molecule has 13 atom stereocenters. The first-order valence-corrected chi connectivity index (χ1v) is 21.5. The van der Waals surface area contributed by atoms with Crippen molar-refractivity contribution in [2.24, 2.45) is 29.4 Å². The number of amides is 2. The molecule has 0 aromatic carbocycles. The number of Topliss-reactive ketones (excluding diaryl/α,β-unsaturated/α-hetero) is 2. The first-order chi connectivity index (χ1) is 29.1. The number of methoxy groups -OCH3 is 1. The minimum atomic E-state index is -1.40. The lowest BCUT2D eigenvalue weighted by atomic mass is 9.73. The lowest BCUT2D eigenvalue weighted by Gasteiger charge is -2.47. The van der Waals surface area contributed by atoms with E-state index in [9.17, 15) is 24.3 Å². The van der Waals surface area contributed by atoms with Crippen LogP contribution in [-0.4, -0.2) is 146 Å². The minimum absolute atomic E-state index is 0.130. The van der Waals surface area contributed by atoms with Crippen LogP contribution >= 0.6 is 0 Å². The summed E-state index contributed by atoms with van der Waals surface area (Å²) in [5.41, 5.74) is 3.09. The van der Waals surface area contributed by atoms with Crippen molar-refractivity contribution in [2.75, 3.05) is 27.7 Å². The van der Waals surface area contributed by atoms with Crippen molar-refractivity contribution in [2.45, 2.75) is 148 Å². The Morgan fingerprint density at radius 1 is 1.05 bits per heavy atom. The van der Waals surface area contributed by atoms with Gasteiger partial charge in [0.15, 0.2) is 17.7 Å². The number of rotatable bonds is 11. The Morgan fingerprint density at radius 2 is 1.71 bits per heavy atom.